The van der Waals surface area contributed by atoms with E-state index in [0.29, 0.717) is 37.0 Å². The van der Waals surface area contributed by atoms with Gasteiger partial charge >= 0.3 is 0 Å². The van der Waals surface area contributed by atoms with Gasteiger partial charge in [0, 0.05) is 51.8 Å². The van der Waals surface area contributed by atoms with Crippen LogP contribution in [0.5, 0.6) is 0 Å². The molecule has 23 heteroatoms. The van der Waals surface area contributed by atoms with Gasteiger partial charge in [0.05, 0.1) is 73.0 Å². The fraction of sp³-hybridized carbons (Fsp3) is 0.914. The third-order valence-electron chi connectivity index (χ3n) is 28.2. The zero-order valence-electron chi connectivity index (χ0n) is 60.8. The summed E-state index contributed by atoms with van der Waals surface area (Å²) in [7, 11) is -15.5. The Kier molecular flexibility index (Phi) is 22.2. The monoisotopic (exact) mass is 1400 g/mol. The molecule has 6 unspecified atom stereocenters. The van der Waals surface area contributed by atoms with Crippen molar-refractivity contribution in [2.75, 3.05) is 17.3 Å². The van der Waals surface area contributed by atoms with Crippen LogP contribution >= 0.6 is 0 Å². The van der Waals surface area contributed by atoms with Gasteiger partial charge in [0.25, 0.3) is 0 Å². The van der Waals surface area contributed by atoms with Crippen LogP contribution in [0.4, 0.5) is 0 Å². The lowest BCUT2D eigenvalue weighted by Gasteiger charge is -2.44. The molecule has 12 atom stereocenters. The van der Waals surface area contributed by atoms with Gasteiger partial charge in [-0.05, 0) is 128 Å². The number of Topliss-reactive ketones (excluding diaryl/α,β-unsaturated/α-hetero) is 3. The number of rotatable bonds is 22. The van der Waals surface area contributed by atoms with Gasteiger partial charge in [0.2, 0.25) is 47.8 Å². The molecule has 3 spiro atoms. The number of hydrogen-bond donors (Lipinski definition) is 1. The SMILES string of the molecule is C.CCC(=O)C(C)(C)[C@@H](O)CC(=O)N1C2CC3CC[C@]2(CS1(=O)=O)C3(C)C.CCC(=O)C(C)(C)[C@H](CC(=O)N1C2CC3CC[C@]2(CS1(=O)=O)C3(C)C)O[Si](C)(C)C(C)(C)C.CCC(=O)C(C)(C)[C@H](CC(=O)N1C2CC3CC[C@]2(CS1(=O)=O)C3(C)C)O[Si](CC)(CC)CC. The Hall–Kier alpha value is -2.42. The van der Waals surface area contributed by atoms with Crippen molar-refractivity contribution in [1.29, 1.82) is 0 Å². The van der Waals surface area contributed by atoms with Crippen molar-refractivity contribution >= 4 is 81.8 Å². The number of amides is 3. The van der Waals surface area contributed by atoms with Crippen LogP contribution in [0.25, 0.3) is 0 Å². The second-order valence-electron chi connectivity index (χ2n) is 34.8. The number of sulfonamides is 3. The molecular weight excluding hydrogens is 1280 g/mol. The molecule has 0 radical (unpaired) electrons. The van der Waals surface area contributed by atoms with Gasteiger partial charge in [-0.15, -0.1) is 0 Å². The van der Waals surface area contributed by atoms with E-state index in [0.717, 1.165) is 73.8 Å². The van der Waals surface area contributed by atoms with Crippen molar-refractivity contribution < 1.29 is 68.0 Å². The van der Waals surface area contributed by atoms with Crippen LogP contribution < -0.4 is 0 Å². The maximum atomic E-state index is 13.8. The zero-order chi connectivity index (χ0) is 70.2. The van der Waals surface area contributed by atoms with Gasteiger partial charge in [-0.25, -0.2) is 38.2 Å². The smallest absolute Gasteiger partial charge is 0.238 e. The first-order valence-electron chi connectivity index (χ1n) is 35.0. The van der Waals surface area contributed by atoms with E-state index < -0.39 is 93.1 Å². The molecule has 3 aliphatic heterocycles. The number of hydrogen-bond acceptors (Lipinski definition) is 15. The zero-order valence-corrected chi connectivity index (χ0v) is 65.2. The second-order valence-corrected chi connectivity index (χ2v) is 49.8. The molecule has 18 nitrogen and oxygen atoms in total. The normalized spacial score (nSPS) is 32.1. The van der Waals surface area contributed by atoms with Crippen LogP contribution in [0, 0.1) is 66.5 Å². The summed E-state index contributed by atoms with van der Waals surface area (Å²) in [6.07, 6.45) is 5.95. The molecule has 0 aromatic rings. The van der Waals surface area contributed by atoms with Gasteiger partial charge in [-0.3, -0.25) is 28.8 Å². The summed E-state index contributed by atoms with van der Waals surface area (Å²) in [5.41, 5.74) is -4.13. The number of carbonyl (C=O) groups excluding carboxylic acids is 6. The number of aliphatic hydroxyl groups is 1. The van der Waals surface area contributed by atoms with Crippen LogP contribution in [0.15, 0.2) is 0 Å². The minimum Gasteiger partial charge on any atom is -0.412 e. The largest absolute Gasteiger partial charge is 0.412 e. The van der Waals surface area contributed by atoms with Gasteiger partial charge in [-0.2, -0.15) is 0 Å². The van der Waals surface area contributed by atoms with E-state index in [1.807, 2.05) is 41.5 Å². The second kappa shape index (κ2) is 26.0. The molecule has 3 amide bonds. The van der Waals surface area contributed by atoms with Crippen LogP contribution in [0.1, 0.15) is 249 Å². The first-order valence-corrected chi connectivity index (χ1v) is 45.3. The van der Waals surface area contributed by atoms with Gasteiger partial charge in [0.1, 0.15) is 17.3 Å². The number of ketones is 3. The van der Waals surface area contributed by atoms with Crippen molar-refractivity contribution in [2.24, 2.45) is 66.5 Å². The summed E-state index contributed by atoms with van der Waals surface area (Å²) in [5.74, 6) is 0.0759. The average Bonchev–Trinajstić information content (AvgIpc) is 1.53. The Morgan fingerprint density at radius 1 is 0.473 bits per heavy atom. The summed E-state index contributed by atoms with van der Waals surface area (Å²) in [5, 5.41) is 10.4. The lowest BCUT2D eigenvalue weighted by Crippen LogP contribution is -2.52. The Morgan fingerprint density at radius 3 is 1.00 bits per heavy atom. The predicted molar refractivity (Wildman–Crippen MR) is 372 cm³/mol. The molecule has 6 saturated carbocycles. The molecule has 9 rings (SSSR count). The summed E-state index contributed by atoms with van der Waals surface area (Å²) < 4.78 is 96.2. The van der Waals surface area contributed by atoms with Crippen molar-refractivity contribution in [3.8, 4) is 0 Å². The standard InChI is InChI=1S/2C25H45NO5SSi.C19H31NO5S.CH4/c1-11-19(27)23(5,6)20(31-33(9,10)22(2,3)4)15-21(28)26-18-14-17-12-13-25(18,24(17,7)8)16-32(26,29)30;1-9-20(27)23(5,6)21(31-33(10-2,11-3)12-4)16-22(28)26-19-15-18-13-14-25(19,24(18,7)8)17-32(26,29)30;1-6-14(21)17(2,3)15(22)10-16(23)20-13-9-12-7-8-19(13,18(12,4)5)11-26(20,24)25;/h17-18,20H,11-16H2,1-10H3;18-19,21H,9-17H2,1-8H3;12-13,15,22H,6-11H2,1-5H3;1H4/t17?,18?,20-,25+;18?,19?,21-,25+;12?,13?,15-,19+;/m000./s1. The molecule has 536 valence electrons. The molecule has 0 aromatic heterocycles. The lowest BCUT2D eigenvalue weighted by molar-refractivity contribution is -0.140. The Bertz CT molecular complexity index is 3100. The highest BCUT2D eigenvalue weighted by atomic mass is 32.2. The molecule has 3 saturated heterocycles. The molecule has 0 aromatic carbocycles. The molecule has 93 heavy (non-hydrogen) atoms. The van der Waals surface area contributed by atoms with E-state index in [1.165, 1.54) is 8.61 Å². The third kappa shape index (κ3) is 12.7. The van der Waals surface area contributed by atoms with E-state index in [9.17, 15) is 59.1 Å². The maximum absolute atomic E-state index is 13.8. The summed E-state index contributed by atoms with van der Waals surface area (Å²) >= 11 is 0. The fourth-order valence-electron chi connectivity index (χ4n) is 19.5. The van der Waals surface area contributed by atoms with Crippen LogP contribution in [0.2, 0.25) is 36.3 Å². The molecule has 3 heterocycles. The van der Waals surface area contributed by atoms with Gasteiger partial charge in [-0.1, -0.05) is 153 Å². The van der Waals surface area contributed by atoms with E-state index in [-0.39, 0.29) is 129 Å². The highest BCUT2D eigenvalue weighted by Gasteiger charge is 2.75. The summed E-state index contributed by atoms with van der Waals surface area (Å²) in [6, 6.07) is 1.91. The van der Waals surface area contributed by atoms with Crippen molar-refractivity contribution in [3.05, 3.63) is 0 Å². The minimum absolute atomic E-state index is 0. The first kappa shape index (κ1) is 79.6. The van der Waals surface area contributed by atoms with E-state index in [1.54, 1.807) is 20.8 Å². The highest BCUT2D eigenvalue weighted by molar-refractivity contribution is 7.90. The minimum atomic E-state index is -3.69. The first-order chi connectivity index (χ1) is 41.7. The summed E-state index contributed by atoms with van der Waals surface area (Å²) in [4.78, 5) is 78.4. The van der Waals surface area contributed by atoms with Crippen LogP contribution in [-0.4, -0.2) is 149 Å². The lowest BCUT2D eigenvalue weighted by atomic mass is 9.69. The molecule has 6 bridgehead atoms. The Morgan fingerprint density at radius 2 is 0.742 bits per heavy atom. The quantitative estimate of drug-likeness (QED) is 0.0989. The third-order valence-corrected chi connectivity index (χ3v) is 43.1. The Balaban J connectivity index is 0.000000222. The van der Waals surface area contributed by atoms with Gasteiger partial charge < -0.3 is 14.0 Å². The molecule has 1 N–H and O–H groups in total. The molecular formula is C70H125N3O15S3Si2. The topological polar surface area (TPSA) is 253 Å². The predicted octanol–water partition coefficient (Wildman–Crippen LogP) is 13.0. The van der Waals surface area contributed by atoms with Gasteiger partial charge in [0.15, 0.2) is 16.6 Å². The van der Waals surface area contributed by atoms with E-state index >= 15 is 0 Å². The summed E-state index contributed by atoms with van der Waals surface area (Å²) in [6.45, 7) is 45.9. The van der Waals surface area contributed by atoms with Crippen molar-refractivity contribution in [3.63, 3.8) is 0 Å². The molecule has 9 fully saturated rings. The van der Waals surface area contributed by atoms with E-state index in [2.05, 4.69) is 96.2 Å². The molecule has 9 aliphatic rings. The average molecular weight is 1400 g/mol. The number of aliphatic hydroxyl groups excluding tert-OH is 1. The van der Waals surface area contributed by atoms with Crippen molar-refractivity contribution in [2.45, 2.75) is 322 Å². The number of carbonyl (C=O) groups is 6. The van der Waals surface area contributed by atoms with Crippen molar-refractivity contribution in [1.82, 2.24) is 12.9 Å². The van der Waals surface area contributed by atoms with E-state index in [4.69, 9.17) is 8.85 Å². The maximum Gasteiger partial charge on any atom is 0.238 e. The number of nitrogens with zero attached hydrogens (tertiary/aromatic N) is 3. The fourth-order valence-corrected chi connectivity index (χ4v) is 31.6. The van der Waals surface area contributed by atoms with Crippen LogP contribution in [0.3, 0.4) is 0 Å². The highest BCUT2D eigenvalue weighted by Crippen LogP contribution is 2.73. The molecule has 6 aliphatic carbocycles. The number of fused-ring (bicyclic) bond motifs is 3. The van der Waals surface area contributed by atoms with Crippen LogP contribution in [-0.2, 0) is 67.7 Å². The Labute approximate surface area is 564 Å².